The number of carbonyl (C=O) groups is 3. The lowest BCUT2D eigenvalue weighted by atomic mass is 9.88. The summed E-state index contributed by atoms with van der Waals surface area (Å²) in [6.45, 7) is 0.732. The Labute approximate surface area is 244 Å². The number of nitrogens with zero attached hydrogens (tertiary/aromatic N) is 1. The highest BCUT2D eigenvalue weighted by molar-refractivity contribution is 7.94. The Bertz CT molecular complexity index is 1540. The molecule has 2 aromatic rings. The summed E-state index contributed by atoms with van der Waals surface area (Å²) >= 11 is 0. The summed E-state index contributed by atoms with van der Waals surface area (Å²) in [7, 11) is -4.17. The number of rotatable bonds is 7. The zero-order chi connectivity index (χ0) is 29.8. The Kier molecular flexibility index (Phi) is 7.21. The maximum absolute atomic E-state index is 14.6. The lowest BCUT2D eigenvalue weighted by molar-refractivity contribution is -0.152. The zero-order valence-corrected chi connectivity index (χ0v) is 24.1. The van der Waals surface area contributed by atoms with E-state index in [0.29, 0.717) is 30.5 Å². The van der Waals surface area contributed by atoms with Crippen molar-refractivity contribution >= 4 is 27.6 Å². The third-order valence-electron chi connectivity index (χ3n) is 9.37. The zero-order valence-electron chi connectivity index (χ0n) is 23.3. The molecule has 2 aromatic carbocycles. The second kappa shape index (κ2) is 10.6. The third-order valence-corrected chi connectivity index (χ3v) is 10.2. The summed E-state index contributed by atoms with van der Waals surface area (Å²) in [5.41, 5.74) is 0.418. The number of likely N-dealkylation sites (tertiary alicyclic amines) is 1. The van der Waals surface area contributed by atoms with E-state index in [2.05, 4.69) is 10.6 Å². The minimum absolute atomic E-state index is 0.0139. The molecule has 2 aliphatic carbocycles. The van der Waals surface area contributed by atoms with Crippen LogP contribution in [0.5, 0.6) is 0 Å². The van der Waals surface area contributed by atoms with Gasteiger partial charge in [0.2, 0.25) is 26.8 Å². The Morgan fingerprint density at radius 3 is 2.36 bits per heavy atom. The molecule has 2 saturated heterocycles. The van der Waals surface area contributed by atoms with Gasteiger partial charge in [-0.05, 0) is 54.7 Å². The summed E-state index contributed by atoms with van der Waals surface area (Å²) in [4.78, 5) is 42.2. The van der Waals surface area contributed by atoms with Gasteiger partial charge >= 0.3 is 0 Å². The van der Waals surface area contributed by atoms with Crippen LogP contribution in [-0.2, 0) is 29.8 Å². The number of carbonyl (C=O) groups excluding carboxylic acids is 3. The average molecular weight is 596 g/mol. The molecular weight excluding hydrogens is 561 g/mol. The van der Waals surface area contributed by atoms with Crippen molar-refractivity contribution in [3.63, 3.8) is 0 Å². The fraction of sp³-hybridized carbons (Fsp3) is 0.452. The Morgan fingerprint density at radius 1 is 1.12 bits per heavy atom. The molecule has 3 N–H and O–H groups in total. The monoisotopic (exact) mass is 595 g/mol. The Balaban J connectivity index is 1.34. The van der Waals surface area contributed by atoms with Gasteiger partial charge in [0.05, 0.1) is 6.04 Å². The molecule has 0 radical (unpaired) electrons. The number of halogens is 1. The van der Waals surface area contributed by atoms with Gasteiger partial charge in [-0.2, -0.15) is 4.39 Å². The van der Waals surface area contributed by atoms with Crippen molar-refractivity contribution < 1.29 is 32.3 Å². The van der Waals surface area contributed by atoms with Gasteiger partial charge in [-0.1, -0.05) is 55.0 Å². The first-order valence-electron chi connectivity index (χ1n) is 14.4. The van der Waals surface area contributed by atoms with Gasteiger partial charge < -0.3 is 20.6 Å². The van der Waals surface area contributed by atoms with Crippen LogP contribution in [0.15, 0.2) is 59.8 Å². The van der Waals surface area contributed by atoms with E-state index in [0.717, 1.165) is 36.3 Å². The molecule has 3 amide bonds. The van der Waals surface area contributed by atoms with E-state index in [9.17, 15) is 32.3 Å². The maximum atomic E-state index is 14.6. The van der Waals surface area contributed by atoms with E-state index in [4.69, 9.17) is 0 Å². The molecular formula is C31H34FN3O6S. The molecule has 5 atom stereocenters. The van der Waals surface area contributed by atoms with Crippen LogP contribution in [0.2, 0.25) is 0 Å². The van der Waals surface area contributed by atoms with Crippen LogP contribution < -0.4 is 10.6 Å². The normalized spacial score (nSPS) is 26.8. The van der Waals surface area contributed by atoms with E-state index in [1.807, 2.05) is 24.3 Å². The first kappa shape index (κ1) is 28.5. The quantitative estimate of drug-likeness (QED) is 0.451. The number of nitrogens with one attached hydrogen (secondary N) is 2. The Hall–Kier alpha value is -3.57. The van der Waals surface area contributed by atoms with Gasteiger partial charge in [0.1, 0.15) is 6.04 Å². The molecule has 0 aromatic heterocycles. The number of sulfone groups is 1. The van der Waals surface area contributed by atoms with E-state index < -0.39 is 50.4 Å². The molecule has 9 nitrogen and oxygen atoms in total. The van der Waals surface area contributed by atoms with Gasteiger partial charge in [0.25, 0.3) is 5.91 Å². The second-order valence-corrected chi connectivity index (χ2v) is 13.9. The fourth-order valence-corrected chi connectivity index (χ4v) is 7.81. The number of benzene rings is 2. The van der Waals surface area contributed by atoms with Crippen molar-refractivity contribution in [3.05, 3.63) is 70.9 Å². The summed E-state index contributed by atoms with van der Waals surface area (Å²) < 4.78 is 38.4. The van der Waals surface area contributed by atoms with Crippen molar-refractivity contribution in [2.75, 3.05) is 19.3 Å². The van der Waals surface area contributed by atoms with E-state index in [1.165, 1.54) is 4.90 Å². The van der Waals surface area contributed by atoms with Gasteiger partial charge in [-0.15, -0.1) is 0 Å². The molecule has 4 aliphatic rings. The number of hydrogen-bond donors (Lipinski definition) is 3. The van der Waals surface area contributed by atoms with E-state index in [1.54, 1.807) is 24.3 Å². The first-order valence-corrected chi connectivity index (χ1v) is 16.3. The number of aliphatic hydroxyl groups is 1. The lowest BCUT2D eigenvalue weighted by Crippen LogP contribution is -2.55. The molecule has 11 heteroatoms. The summed E-state index contributed by atoms with van der Waals surface area (Å²) in [6.07, 6.45) is 4.50. The van der Waals surface area contributed by atoms with Crippen molar-refractivity contribution in [1.29, 1.82) is 0 Å². The highest BCUT2D eigenvalue weighted by Crippen LogP contribution is 2.50. The standard InChI is InChI=1S/C31H34FN3O6S/c1-42(40,41)26(32)16-20(15-18-13-14-33-28(18)36)34-29(37)27-21-10-6-7-19(21)17-35(27)30(38)31(39)24-11-4-2-8-22(24)23-9-3-5-12-25(23)31/h2-5,8-9,11-12,16,18-21,27,39H,6-7,10,13-15,17H2,1H3,(H,33,36)(H,34,37)/b26-16+/t18-,19-,20-,21-,27-/m0/s1. The van der Waals surface area contributed by atoms with Crippen molar-refractivity contribution in [3.8, 4) is 11.1 Å². The molecule has 0 unspecified atom stereocenters. The summed E-state index contributed by atoms with van der Waals surface area (Å²) in [5, 5.41) is 16.3. The Morgan fingerprint density at radius 2 is 1.76 bits per heavy atom. The van der Waals surface area contributed by atoms with Gasteiger partial charge in [-0.3, -0.25) is 14.4 Å². The smallest absolute Gasteiger partial charge is 0.264 e. The summed E-state index contributed by atoms with van der Waals surface area (Å²) in [5.74, 6) is -2.02. The molecule has 42 heavy (non-hydrogen) atoms. The second-order valence-electron chi connectivity index (χ2n) is 11.9. The predicted octanol–water partition coefficient (Wildman–Crippen LogP) is 2.40. The van der Waals surface area contributed by atoms with Crippen LogP contribution in [0.4, 0.5) is 4.39 Å². The average Bonchev–Trinajstić information content (AvgIpc) is 3.72. The predicted molar refractivity (Wildman–Crippen MR) is 153 cm³/mol. The van der Waals surface area contributed by atoms with Crippen molar-refractivity contribution in [1.82, 2.24) is 15.5 Å². The highest BCUT2D eigenvalue weighted by Gasteiger charge is 2.56. The maximum Gasteiger partial charge on any atom is 0.264 e. The van der Waals surface area contributed by atoms with E-state index >= 15 is 0 Å². The van der Waals surface area contributed by atoms with Crippen molar-refractivity contribution in [2.45, 2.75) is 49.8 Å². The van der Waals surface area contributed by atoms with Crippen LogP contribution in [0.1, 0.15) is 43.2 Å². The summed E-state index contributed by atoms with van der Waals surface area (Å²) in [6, 6.07) is 12.3. The molecule has 1 saturated carbocycles. The van der Waals surface area contributed by atoms with Crippen LogP contribution in [-0.4, -0.2) is 67.6 Å². The van der Waals surface area contributed by atoms with Crippen LogP contribution in [0, 0.1) is 17.8 Å². The van der Waals surface area contributed by atoms with Crippen LogP contribution in [0.25, 0.3) is 11.1 Å². The molecule has 0 spiro atoms. The number of hydrogen-bond acceptors (Lipinski definition) is 6. The fourth-order valence-electron chi connectivity index (χ4n) is 7.40. The van der Waals surface area contributed by atoms with E-state index in [-0.39, 0.29) is 30.7 Å². The molecule has 222 valence electrons. The van der Waals surface area contributed by atoms with Gasteiger partial charge in [0, 0.05) is 36.4 Å². The van der Waals surface area contributed by atoms with Crippen LogP contribution in [0.3, 0.4) is 0 Å². The largest absolute Gasteiger partial charge is 0.372 e. The van der Waals surface area contributed by atoms with Crippen LogP contribution >= 0.6 is 0 Å². The minimum Gasteiger partial charge on any atom is -0.372 e. The molecule has 2 heterocycles. The highest BCUT2D eigenvalue weighted by atomic mass is 32.2. The number of fused-ring (bicyclic) bond motifs is 4. The topological polar surface area (TPSA) is 133 Å². The minimum atomic E-state index is -4.17. The lowest BCUT2D eigenvalue weighted by Gasteiger charge is -2.34. The van der Waals surface area contributed by atoms with Crippen molar-refractivity contribution in [2.24, 2.45) is 17.8 Å². The third kappa shape index (κ3) is 4.72. The van der Waals surface area contributed by atoms with Gasteiger partial charge in [-0.25, -0.2) is 8.42 Å². The molecule has 0 bridgehead atoms. The molecule has 6 rings (SSSR count). The molecule has 2 aliphatic heterocycles. The SMILES string of the molecule is CS(=O)(=O)/C(F)=C/[C@H](C[C@@H]1CCNC1=O)NC(=O)[C@@H]1[C@H]2CCC[C@H]2CN1C(=O)C1(O)c2ccccc2-c2ccccc21. The number of amides is 3. The molecule has 3 fully saturated rings. The van der Waals surface area contributed by atoms with Gasteiger partial charge in [0.15, 0.2) is 5.60 Å². The first-order chi connectivity index (χ1) is 20.0.